The van der Waals surface area contributed by atoms with E-state index in [1.807, 2.05) is 24.3 Å². The first-order chi connectivity index (χ1) is 11.2. The number of hydrogen-bond donors (Lipinski definition) is 1. The highest BCUT2D eigenvalue weighted by Crippen LogP contribution is 2.32. The van der Waals surface area contributed by atoms with Crippen LogP contribution in [-0.2, 0) is 13.0 Å². The Labute approximate surface area is 140 Å². The number of nitrogens with two attached hydrogens (primary N) is 1. The summed E-state index contributed by atoms with van der Waals surface area (Å²) in [7, 11) is 0. The van der Waals surface area contributed by atoms with Gasteiger partial charge in [0.2, 0.25) is 0 Å². The smallest absolute Gasteiger partial charge is 0.131 e. The van der Waals surface area contributed by atoms with Crippen molar-refractivity contribution in [2.75, 3.05) is 17.2 Å². The molecule has 3 nitrogen and oxygen atoms in total. The maximum Gasteiger partial charge on any atom is 0.131 e. The average molecular weight is 324 g/mol. The summed E-state index contributed by atoms with van der Waals surface area (Å²) in [5, 5.41) is 1.49. The number of nitrogen functional groups attached to an aromatic ring is 1. The van der Waals surface area contributed by atoms with Crippen LogP contribution in [-0.4, -0.2) is 11.5 Å². The lowest BCUT2D eigenvalue weighted by Crippen LogP contribution is -2.23. The van der Waals surface area contributed by atoms with Crippen molar-refractivity contribution in [2.45, 2.75) is 19.4 Å². The van der Waals surface area contributed by atoms with Gasteiger partial charge in [0.05, 0.1) is 10.5 Å². The second kappa shape index (κ2) is 5.74. The quantitative estimate of drug-likeness (QED) is 0.720. The van der Waals surface area contributed by atoms with Crippen molar-refractivity contribution < 1.29 is 0 Å². The van der Waals surface area contributed by atoms with E-state index < -0.39 is 0 Å². The van der Waals surface area contributed by atoms with Gasteiger partial charge in [-0.25, -0.2) is 4.98 Å². The fourth-order valence-corrected chi connectivity index (χ4v) is 3.60. The maximum atomic E-state index is 6.26. The molecule has 4 rings (SSSR count). The molecule has 0 saturated heterocycles. The molecule has 1 aliphatic rings. The number of hydrogen-bond acceptors (Lipinski definition) is 3. The largest absolute Gasteiger partial charge is 0.398 e. The molecule has 1 aromatic heterocycles. The Morgan fingerprint density at radius 3 is 2.74 bits per heavy atom. The Bertz CT molecular complexity index is 876. The zero-order valence-electron chi connectivity index (χ0n) is 12.8. The van der Waals surface area contributed by atoms with Gasteiger partial charge in [-0.3, -0.25) is 0 Å². The van der Waals surface area contributed by atoms with Crippen LogP contribution in [0.5, 0.6) is 0 Å². The van der Waals surface area contributed by atoms with Crippen LogP contribution in [0.25, 0.3) is 10.9 Å². The van der Waals surface area contributed by atoms with Crippen LogP contribution in [0.3, 0.4) is 0 Å². The summed E-state index contributed by atoms with van der Waals surface area (Å²) in [4.78, 5) is 7.10. The van der Waals surface area contributed by atoms with Crippen molar-refractivity contribution in [3.8, 4) is 0 Å². The minimum Gasteiger partial charge on any atom is -0.398 e. The van der Waals surface area contributed by atoms with Crippen LogP contribution in [0.2, 0.25) is 5.02 Å². The minimum atomic E-state index is 0.653. The lowest BCUT2D eigenvalue weighted by Gasteiger charge is -2.23. The summed E-state index contributed by atoms with van der Waals surface area (Å²) < 4.78 is 0. The highest BCUT2D eigenvalue weighted by molar-refractivity contribution is 6.36. The summed E-state index contributed by atoms with van der Waals surface area (Å²) in [5.74, 6) is 0.925. The fourth-order valence-electron chi connectivity index (χ4n) is 3.32. The normalized spacial score (nSPS) is 14.6. The Hall–Kier alpha value is -2.26. The van der Waals surface area contributed by atoms with E-state index in [1.54, 1.807) is 0 Å². The summed E-state index contributed by atoms with van der Waals surface area (Å²) in [5.41, 5.74) is 10.6. The summed E-state index contributed by atoms with van der Waals surface area (Å²) in [6.07, 6.45) is 2.23. The van der Waals surface area contributed by atoms with Crippen LogP contribution < -0.4 is 10.6 Å². The molecule has 2 aromatic carbocycles. The Kier molecular flexibility index (Phi) is 3.58. The number of benzene rings is 2. The first-order valence-corrected chi connectivity index (χ1v) is 8.26. The monoisotopic (exact) mass is 323 g/mol. The zero-order chi connectivity index (χ0) is 15.8. The number of aromatic nitrogens is 1. The molecular formula is C19H18ClN3. The number of halogens is 1. The molecule has 0 unspecified atom stereocenters. The molecular weight excluding hydrogens is 306 g/mol. The fraction of sp³-hybridized carbons (Fsp3) is 0.211. The molecule has 0 aliphatic carbocycles. The van der Waals surface area contributed by atoms with E-state index in [-0.39, 0.29) is 0 Å². The first kappa shape index (κ1) is 14.3. The van der Waals surface area contributed by atoms with E-state index in [0.29, 0.717) is 10.7 Å². The molecule has 0 radical (unpaired) electrons. The van der Waals surface area contributed by atoms with Crippen molar-refractivity contribution in [3.63, 3.8) is 0 Å². The van der Waals surface area contributed by atoms with E-state index in [0.717, 1.165) is 42.7 Å². The van der Waals surface area contributed by atoms with Gasteiger partial charge < -0.3 is 10.6 Å². The number of fused-ring (bicyclic) bond motifs is 2. The van der Waals surface area contributed by atoms with E-state index in [9.17, 15) is 0 Å². The van der Waals surface area contributed by atoms with Gasteiger partial charge in [0.15, 0.2) is 0 Å². The van der Waals surface area contributed by atoms with Crippen molar-refractivity contribution in [1.29, 1.82) is 0 Å². The summed E-state index contributed by atoms with van der Waals surface area (Å²) in [6, 6.07) is 16.3. The summed E-state index contributed by atoms with van der Waals surface area (Å²) in [6.45, 7) is 1.85. The van der Waals surface area contributed by atoms with Crippen LogP contribution in [0.15, 0.2) is 48.5 Å². The average Bonchev–Trinajstić information content (AvgIpc) is 2.77. The molecule has 3 aromatic rings. The van der Waals surface area contributed by atoms with Crippen molar-refractivity contribution in [1.82, 2.24) is 4.98 Å². The highest BCUT2D eigenvalue weighted by Gasteiger charge is 2.17. The third-order valence-corrected chi connectivity index (χ3v) is 4.79. The van der Waals surface area contributed by atoms with Crippen LogP contribution in [0, 0.1) is 0 Å². The van der Waals surface area contributed by atoms with E-state index in [4.69, 9.17) is 22.3 Å². The molecule has 2 heterocycles. The minimum absolute atomic E-state index is 0.653. The zero-order valence-corrected chi connectivity index (χ0v) is 13.6. The molecule has 2 N–H and O–H groups in total. The maximum absolute atomic E-state index is 6.26. The number of rotatable bonds is 1. The number of aryl methyl sites for hydroxylation is 1. The van der Waals surface area contributed by atoms with Crippen LogP contribution in [0.4, 0.5) is 11.5 Å². The molecule has 0 bridgehead atoms. The van der Waals surface area contributed by atoms with Gasteiger partial charge in [-0.15, -0.1) is 0 Å². The molecule has 0 spiro atoms. The lowest BCUT2D eigenvalue weighted by atomic mass is 10.0. The van der Waals surface area contributed by atoms with Crippen LogP contribution in [0.1, 0.15) is 17.5 Å². The number of anilines is 2. The predicted molar refractivity (Wildman–Crippen MR) is 97.0 cm³/mol. The van der Waals surface area contributed by atoms with Crippen LogP contribution >= 0.6 is 11.6 Å². The third-order valence-electron chi connectivity index (χ3n) is 4.48. The van der Waals surface area contributed by atoms with Gasteiger partial charge in [0.25, 0.3) is 0 Å². The Morgan fingerprint density at radius 1 is 1.04 bits per heavy atom. The van der Waals surface area contributed by atoms with Gasteiger partial charge >= 0.3 is 0 Å². The molecule has 23 heavy (non-hydrogen) atoms. The molecule has 0 atom stereocenters. The van der Waals surface area contributed by atoms with Crippen molar-refractivity contribution in [3.05, 3.63) is 64.7 Å². The molecule has 0 saturated carbocycles. The molecule has 4 heteroatoms. The van der Waals surface area contributed by atoms with Crippen molar-refractivity contribution in [2.24, 2.45) is 0 Å². The first-order valence-electron chi connectivity index (χ1n) is 7.89. The standard InChI is InChI=1S/C19H18ClN3/c20-15-8-3-9-17-19(15)16(21)11-18(22-17)23-10-4-7-13-5-1-2-6-14(13)12-23/h1-3,5-6,8-9,11H,4,7,10,12H2,(H2,21,22). The topological polar surface area (TPSA) is 42.1 Å². The SMILES string of the molecule is Nc1cc(N2CCCc3ccccc3C2)nc2cccc(Cl)c12. The van der Waals surface area contributed by atoms with Gasteiger partial charge in [-0.2, -0.15) is 0 Å². The van der Waals surface area contributed by atoms with E-state index >= 15 is 0 Å². The molecule has 116 valence electrons. The van der Waals surface area contributed by atoms with Gasteiger partial charge in [-0.1, -0.05) is 41.9 Å². The molecule has 0 amide bonds. The second-order valence-corrected chi connectivity index (χ2v) is 6.40. The third kappa shape index (κ3) is 2.62. The Balaban J connectivity index is 1.77. The summed E-state index contributed by atoms with van der Waals surface area (Å²) >= 11 is 6.26. The van der Waals surface area contributed by atoms with Gasteiger partial charge in [0, 0.05) is 30.2 Å². The van der Waals surface area contributed by atoms with Gasteiger partial charge in [0.1, 0.15) is 5.82 Å². The predicted octanol–water partition coefficient (Wildman–Crippen LogP) is 4.42. The molecule has 1 aliphatic heterocycles. The Morgan fingerprint density at radius 2 is 1.87 bits per heavy atom. The molecule has 0 fully saturated rings. The lowest BCUT2D eigenvalue weighted by molar-refractivity contribution is 0.757. The van der Waals surface area contributed by atoms with Gasteiger partial charge in [-0.05, 0) is 36.1 Å². The van der Waals surface area contributed by atoms with E-state index in [2.05, 4.69) is 29.2 Å². The highest BCUT2D eigenvalue weighted by atomic mass is 35.5. The van der Waals surface area contributed by atoms with E-state index in [1.165, 1.54) is 11.1 Å². The van der Waals surface area contributed by atoms with Crippen molar-refractivity contribution >= 4 is 34.0 Å². The number of nitrogens with zero attached hydrogens (tertiary/aromatic N) is 2. The second-order valence-electron chi connectivity index (χ2n) is 6.00. The number of pyridine rings is 1.